The van der Waals surface area contributed by atoms with Gasteiger partial charge in [-0.1, -0.05) is 34.1 Å². The van der Waals surface area contributed by atoms with Gasteiger partial charge >= 0.3 is 0 Å². The number of rotatable bonds is 3. The molecule has 2 rings (SSSR count). The van der Waals surface area contributed by atoms with Crippen LogP contribution >= 0.6 is 27.5 Å². The van der Waals surface area contributed by atoms with Crippen LogP contribution in [0.15, 0.2) is 35.1 Å². The zero-order valence-electron chi connectivity index (χ0n) is 8.87. The smallest absolute Gasteiger partial charge is 0.107 e. The van der Waals surface area contributed by atoms with E-state index >= 15 is 0 Å². The summed E-state index contributed by atoms with van der Waals surface area (Å²) in [6, 6.07) is 6.12. The largest absolute Gasteiger partial charge is 0.349 e. The number of aromatic amines is 1. The molecule has 1 atom stereocenters. The van der Waals surface area contributed by atoms with Crippen LogP contribution in [0, 0.1) is 6.92 Å². The highest BCUT2D eigenvalue weighted by Crippen LogP contribution is 2.32. The van der Waals surface area contributed by atoms with Crippen LogP contribution in [-0.2, 0) is 6.42 Å². The average molecular weight is 300 g/mol. The number of imidazole rings is 1. The van der Waals surface area contributed by atoms with Gasteiger partial charge in [0, 0.05) is 23.3 Å². The summed E-state index contributed by atoms with van der Waals surface area (Å²) in [5.74, 6) is 0.911. The molecule has 0 aliphatic rings. The van der Waals surface area contributed by atoms with Crippen molar-refractivity contribution in [2.24, 2.45) is 0 Å². The minimum absolute atomic E-state index is 0.0691. The van der Waals surface area contributed by atoms with Crippen LogP contribution in [0.4, 0.5) is 0 Å². The van der Waals surface area contributed by atoms with Crippen molar-refractivity contribution in [3.05, 3.63) is 52.0 Å². The molecule has 0 radical (unpaired) electrons. The predicted molar refractivity (Wildman–Crippen MR) is 69.8 cm³/mol. The summed E-state index contributed by atoms with van der Waals surface area (Å²) >= 11 is 9.95. The summed E-state index contributed by atoms with van der Waals surface area (Å²) in [5.41, 5.74) is 2.31. The molecule has 0 fully saturated rings. The summed E-state index contributed by atoms with van der Waals surface area (Å²) < 4.78 is 1.08. The van der Waals surface area contributed by atoms with Gasteiger partial charge in [-0.2, -0.15) is 0 Å². The number of nitrogens with one attached hydrogen (secondary N) is 1. The lowest BCUT2D eigenvalue weighted by molar-refractivity contribution is 0.850. The van der Waals surface area contributed by atoms with E-state index in [0.29, 0.717) is 6.42 Å². The van der Waals surface area contributed by atoms with Crippen molar-refractivity contribution < 1.29 is 0 Å². The molecular weight excluding hydrogens is 288 g/mol. The molecule has 1 aromatic heterocycles. The quantitative estimate of drug-likeness (QED) is 0.853. The Hall–Kier alpha value is -0.800. The molecule has 0 aliphatic heterocycles. The maximum Gasteiger partial charge on any atom is 0.107 e. The summed E-state index contributed by atoms with van der Waals surface area (Å²) in [7, 11) is 0. The summed E-state index contributed by atoms with van der Waals surface area (Å²) in [6.07, 6.45) is 4.26. The van der Waals surface area contributed by atoms with Crippen molar-refractivity contribution in [3.63, 3.8) is 0 Å². The highest BCUT2D eigenvalue weighted by molar-refractivity contribution is 9.10. The Kier molecular flexibility index (Phi) is 3.66. The lowest BCUT2D eigenvalue weighted by Gasteiger charge is -2.12. The Morgan fingerprint density at radius 1 is 1.50 bits per heavy atom. The standard InChI is InChI=1S/C12H12BrClN2/c1-8-3-2-4-9(12(8)13)10(14)7-11-15-5-6-16-11/h2-6,10H,7H2,1H3,(H,15,16). The van der Waals surface area contributed by atoms with Gasteiger partial charge in [-0.3, -0.25) is 0 Å². The number of H-pyrrole nitrogens is 1. The molecule has 0 amide bonds. The van der Waals surface area contributed by atoms with Gasteiger partial charge in [0.25, 0.3) is 0 Å². The molecule has 0 bridgehead atoms. The van der Waals surface area contributed by atoms with E-state index < -0.39 is 0 Å². The van der Waals surface area contributed by atoms with E-state index in [1.54, 1.807) is 6.20 Å². The fraction of sp³-hybridized carbons (Fsp3) is 0.250. The van der Waals surface area contributed by atoms with Gasteiger partial charge in [-0.25, -0.2) is 4.98 Å². The Morgan fingerprint density at radius 3 is 3.00 bits per heavy atom. The molecule has 2 aromatic rings. The maximum atomic E-state index is 6.38. The molecule has 0 spiro atoms. The molecule has 84 valence electrons. The minimum atomic E-state index is -0.0691. The van der Waals surface area contributed by atoms with Crippen molar-refractivity contribution in [1.82, 2.24) is 9.97 Å². The predicted octanol–water partition coefficient (Wildman–Crippen LogP) is 4.00. The van der Waals surface area contributed by atoms with E-state index in [1.165, 1.54) is 5.56 Å². The van der Waals surface area contributed by atoms with Crippen LogP contribution in [0.2, 0.25) is 0 Å². The van der Waals surface area contributed by atoms with E-state index in [0.717, 1.165) is 15.9 Å². The number of hydrogen-bond donors (Lipinski definition) is 1. The fourth-order valence-corrected chi connectivity index (χ4v) is 2.60. The second-order valence-corrected chi connectivity index (χ2v) is 5.01. The summed E-state index contributed by atoms with van der Waals surface area (Å²) in [6.45, 7) is 2.06. The van der Waals surface area contributed by atoms with Gasteiger partial charge in [0.2, 0.25) is 0 Å². The highest BCUT2D eigenvalue weighted by Gasteiger charge is 2.14. The molecule has 1 unspecified atom stereocenters. The van der Waals surface area contributed by atoms with Crippen LogP contribution in [0.3, 0.4) is 0 Å². The zero-order valence-corrected chi connectivity index (χ0v) is 11.2. The summed E-state index contributed by atoms with van der Waals surface area (Å²) in [5, 5.41) is -0.0691. The zero-order chi connectivity index (χ0) is 11.5. The van der Waals surface area contributed by atoms with E-state index in [2.05, 4.69) is 38.9 Å². The minimum Gasteiger partial charge on any atom is -0.349 e. The molecule has 0 saturated heterocycles. The normalized spacial score (nSPS) is 12.7. The van der Waals surface area contributed by atoms with E-state index in [9.17, 15) is 0 Å². The van der Waals surface area contributed by atoms with Crippen LogP contribution in [0.5, 0.6) is 0 Å². The first kappa shape index (κ1) is 11.7. The van der Waals surface area contributed by atoms with Crippen LogP contribution < -0.4 is 0 Å². The topological polar surface area (TPSA) is 28.7 Å². The molecule has 0 saturated carbocycles. The molecule has 1 heterocycles. The van der Waals surface area contributed by atoms with E-state index in [1.807, 2.05) is 18.3 Å². The molecule has 1 aromatic carbocycles. The molecule has 0 aliphatic carbocycles. The van der Waals surface area contributed by atoms with Crippen molar-refractivity contribution in [2.75, 3.05) is 0 Å². The van der Waals surface area contributed by atoms with Crippen molar-refractivity contribution in [1.29, 1.82) is 0 Å². The third-order valence-corrected chi connectivity index (χ3v) is 3.96. The number of nitrogens with zero attached hydrogens (tertiary/aromatic N) is 1. The van der Waals surface area contributed by atoms with Gasteiger partial charge in [0.15, 0.2) is 0 Å². The highest BCUT2D eigenvalue weighted by atomic mass is 79.9. The number of halogens is 2. The van der Waals surface area contributed by atoms with Gasteiger partial charge in [-0.05, 0) is 18.1 Å². The van der Waals surface area contributed by atoms with Gasteiger partial charge in [0.1, 0.15) is 5.82 Å². The molecular formula is C12H12BrClN2. The number of benzene rings is 1. The monoisotopic (exact) mass is 298 g/mol. The van der Waals surface area contributed by atoms with E-state index in [-0.39, 0.29) is 5.38 Å². The third-order valence-electron chi connectivity index (χ3n) is 2.49. The number of aromatic nitrogens is 2. The Balaban J connectivity index is 2.21. The molecule has 2 nitrogen and oxygen atoms in total. The van der Waals surface area contributed by atoms with Crippen LogP contribution in [0.1, 0.15) is 22.3 Å². The fourth-order valence-electron chi connectivity index (χ4n) is 1.60. The molecule has 4 heteroatoms. The SMILES string of the molecule is Cc1cccc(C(Cl)Cc2ncc[nH]2)c1Br. The van der Waals surface area contributed by atoms with Crippen molar-refractivity contribution >= 4 is 27.5 Å². The Bertz CT molecular complexity index is 468. The second kappa shape index (κ2) is 5.02. The lowest BCUT2D eigenvalue weighted by Crippen LogP contribution is -1.99. The first-order valence-electron chi connectivity index (χ1n) is 5.06. The maximum absolute atomic E-state index is 6.38. The van der Waals surface area contributed by atoms with Crippen molar-refractivity contribution in [3.8, 4) is 0 Å². The number of alkyl halides is 1. The summed E-state index contributed by atoms with van der Waals surface area (Å²) in [4.78, 5) is 7.24. The van der Waals surface area contributed by atoms with Crippen LogP contribution in [-0.4, -0.2) is 9.97 Å². The van der Waals surface area contributed by atoms with E-state index in [4.69, 9.17) is 11.6 Å². The number of hydrogen-bond acceptors (Lipinski definition) is 1. The Labute approximate surface area is 108 Å². The lowest BCUT2D eigenvalue weighted by atomic mass is 10.1. The molecule has 16 heavy (non-hydrogen) atoms. The Morgan fingerprint density at radius 2 is 2.31 bits per heavy atom. The average Bonchev–Trinajstić information content (AvgIpc) is 2.74. The van der Waals surface area contributed by atoms with Gasteiger partial charge in [-0.15, -0.1) is 11.6 Å². The number of aryl methyl sites for hydroxylation is 1. The third kappa shape index (κ3) is 2.47. The van der Waals surface area contributed by atoms with Gasteiger partial charge in [0.05, 0.1) is 5.38 Å². The van der Waals surface area contributed by atoms with Crippen molar-refractivity contribution in [2.45, 2.75) is 18.7 Å². The first-order chi connectivity index (χ1) is 7.68. The van der Waals surface area contributed by atoms with Gasteiger partial charge < -0.3 is 4.98 Å². The molecule has 1 N–H and O–H groups in total. The second-order valence-electron chi connectivity index (χ2n) is 3.69. The van der Waals surface area contributed by atoms with Crippen LogP contribution in [0.25, 0.3) is 0 Å². The first-order valence-corrected chi connectivity index (χ1v) is 6.28.